The number of rotatable bonds is 8. The normalized spacial score (nSPS) is 12.2. The van der Waals surface area contributed by atoms with Gasteiger partial charge < -0.3 is 4.74 Å². The molecule has 0 N–H and O–H groups in total. The standard InChI is InChI=1S/C20H22N4O2/c1-3-4-14-23(15-16-10-6-5-7-11-16)19(20(25)26-2)24-18-13-9-8-12-17(18)21-22-24/h3,5-13,19H,1,4,14-15H2,2H3. The average Bonchev–Trinajstić information content (AvgIpc) is 3.10. The number of methoxy groups -OCH3 is 1. The predicted molar refractivity (Wildman–Crippen MR) is 100 cm³/mol. The van der Waals surface area contributed by atoms with Gasteiger partial charge in [0.2, 0.25) is 6.17 Å². The number of esters is 1. The molecule has 0 spiro atoms. The van der Waals surface area contributed by atoms with Crippen molar-refractivity contribution in [2.45, 2.75) is 19.1 Å². The third-order valence-corrected chi connectivity index (χ3v) is 4.22. The Morgan fingerprint density at radius 1 is 1.23 bits per heavy atom. The molecule has 3 rings (SSSR count). The minimum atomic E-state index is -0.701. The maximum Gasteiger partial charge on any atom is 0.345 e. The summed E-state index contributed by atoms with van der Waals surface area (Å²) in [6.07, 6.45) is 1.88. The Morgan fingerprint density at radius 2 is 1.96 bits per heavy atom. The molecule has 0 radical (unpaired) electrons. The highest BCUT2D eigenvalue weighted by atomic mass is 16.5. The van der Waals surface area contributed by atoms with E-state index < -0.39 is 6.17 Å². The molecule has 0 aliphatic carbocycles. The molecule has 1 atom stereocenters. The molecular formula is C20H22N4O2. The van der Waals surface area contributed by atoms with Gasteiger partial charge in [-0.05, 0) is 24.1 Å². The van der Waals surface area contributed by atoms with Crippen molar-refractivity contribution >= 4 is 17.0 Å². The molecule has 1 aromatic heterocycles. The van der Waals surface area contributed by atoms with Gasteiger partial charge in [0.15, 0.2) is 0 Å². The van der Waals surface area contributed by atoms with Crippen molar-refractivity contribution in [2.24, 2.45) is 0 Å². The molecule has 2 aromatic carbocycles. The lowest BCUT2D eigenvalue weighted by molar-refractivity contribution is -0.151. The zero-order valence-corrected chi connectivity index (χ0v) is 14.8. The SMILES string of the molecule is C=CCCN(Cc1ccccc1)C(C(=O)OC)n1nnc2ccccc21. The second kappa shape index (κ2) is 8.40. The Balaban J connectivity index is 2.01. The van der Waals surface area contributed by atoms with E-state index in [0.717, 1.165) is 23.0 Å². The first kappa shape index (κ1) is 17.8. The summed E-state index contributed by atoms with van der Waals surface area (Å²) in [7, 11) is 1.39. The molecule has 0 saturated heterocycles. The molecule has 0 saturated carbocycles. The fraction of sp³-hybridized carbons (Fsp3) is 0.250. The summed E-state index contributed by atoms with van der Waals surface area (Å²) in [6, 6.07) is 17.6. The summed E-state index contributed by atoms with van der Waals surface area (Å²) in [5.74, 6) is -0.374. The number of carbonyl (C=O) groups is 1. The number of benzene rings is 2. The number of nitrogens with zero attached hydrogens (tertiary/aromatic N) is 4. The molecule has 1 unspecified atom stereocenters. The molecule has 26 heavy (non-hydrogen) atoms. The van der Waals surface area contributed by atoms with Crippen LogP contribution in [-0.4, -0.2) is 39.5 Å². The number of carbonyl (C=O) groups excluding carboxylic acids is 1. The highest BCUT2D eigenvalue weighted by molar-refractivity contribution is 5.79. The molecule has 3 aromatic rings. The Hall–Kier alpha value is -2.99. The molecule has 0 fully saturated rings. The molecule has 0 bridgehead atoms. The third-order valence-electron chi connectivity index (χ3n) is 4.22. The zero-order valence-electron chi connectivity index (χ0n) is 14.8. The van der Waals surface area contributed by atoms with Gasteiger partial charge in [-0.1, -0.05) is 53.8 Å². The number of fused-ring (bicyclic) bond motifs is 1. The lowest BCUT2D eigenvalue weighted by Gasteiger charge is -2.29. The first-order valence-electron chi connectivity index (χ1n) is 8.51. The van der Waals surface area contributed by atoms with Gasteiger partial charge in [-0.2, -0.15) is 0 Å². The number of para-hydroxylation sites is 1. The average molecular weight is 350 g/mol. The second-order valence-electron chi connectivity index (χ2n) is 5.95. The summed E-state index contributed by atoms with van der Waals surface area (Å²) < 4.78 is 6.72. The second-order valence-corrected chi connectivity index (χ2v) is 5.95. The Bertz CT molecular complexity index is 876. The molecule has 6 nitrogen and oxygen atoms in total. The van der Waals surface area contributed by atoms with Gasteiger partial charge in [-0.3, -0.25) is 4.90 Å². The summed E-state index contributed by atoms with van der Waals surface area (Å²) in [6.45, 7) is 5.03. The molecule has 6 heteroatoms. The first-order valence-corrected chi connectivity index (χ1v) is 8.51. The predicted octanol–water partition coefficient (Wildman–Crippen LogP) is 3.18. The smallest absolute Gasteiger partial charge is 0.345 e. The van der Waals surface area contributed by atoms with E-state index in [-0.39, 0.29) is 5.97 Å². The molecule has 0 aliphatic rings. The van der Waals surface area contributed by atoms with Gasteiger partial charge in [-0.25, -0.2) is 9.48 Å². The van der Waals surface area contributed by atoms with E-state index in [1.54, 1.807) is 4.68 Å². The van der Waals surface area contributed by atoms with Crippen LogP contribution >= 0.6 is 0 Å². The van der Waals surface area contributed by atoms with Crippen molar-refractivity contribution < 1.29 is 9.53 Å². The fourth-order valence-electron chi connectivity index (χ4n) is 2.94. The molecule has 0 aliphatic heterocycles. The van der Waals surface area contributed by atoms with Crippen LogP contribution in [0.25, 0.3) is 11.0 Å². The highest BCUT2D eigenvalue weighted by Crippen LogP contribution is 2.22. The maximum atomic E-state index is 12.7. The van der Waals surface area contributed by atoms with Crippen molar-refractivity contribution in [3.05, 3.63) is 72.8 Å². The lowest BCUT2D eigenvalue weighted by Crippen LogP contribution is -2.39. The van der Waals surface area contributed by atoms with Crippen molar-refractivity contribution in [3.8, 4) is 0 Å². The number of aromatic nitrogens is 3. The summed E-state index contributed by atoms with van der Waals surface area (Å²) in [5.41, 5.74) is 2.64. The van der Waals surface area contributed by atoms with Gasteiger partial charge in [0.1, 0.15) is 5.52 Å². The Labute approximate surface area is 152 Å². The van der Waals surface area contributed by atoms with Crippen LogP contribution in [0.4, 0.5) is 0 Å². The van der Waals surface area contributed by atoms with Crippen LogP contribution in [-0.2, 0) is 16.1 Å². The molecule has 1 heterocycles. The minimum absolute atomic E-state index is 0.374. The fourth-order valence-corrected chi connectivity index (χ4v) is 2.94. The van der Waals surface area contributed by atoms with Crippen LogP contribution in [0.1, 0.15) is 18.2 Å². The minimum Gasteiger partial charge on any atom is -0.466 e. The Kier molecular flexibility index (Phi) is 5.76. The van der Waals surface area contributed by atoms with Crippen molar-refractivity contribution in [2.75, 3.05) is 13.7 Å². The molecule has 0 amide bonds. The van der Waals surface area contributed by atoms with E-state index in [1.807, 2.05) is 65.6 Å². The summed E-state index contributed by atoms with van der Waals surface area (Å²) in [4.78, 5) is 14.7. The van der Waals surface area contributed by atoms with Gasteiger partial charge in [0.05, 0.1) is 12.6 Å². The van der Waals surface area contributed by atoms with Crippen LogP contribution < -0.4 is 0 Å². The monoisotopic (exact) mass is 350 g/mol. The van der Waals surface area contributed by atoms with E-state index in [4.69, 9.17) is 4.74 Å². The largest absolute Gasteiger partial charge is 0.466 e. The summed E-state index contributed by atoms with van der Waals surface area (Å²) in [5, 5.41) is 8.42. The van der Waals surface area contributed by atoms with Crippen LogP contribution in [0.2, 0.25) is 0 Å². The van der Waals surface area contributed by atoms with Crippen molar-refractivity contribution in [1.29, 1.82) is 0 Å². The summed E-state index contributed by atoms with van der Waals surface area (Å²) >= 11 is 0. The zero-order chi connectivity index (χ0) is 18.4. The highest BCUT2D eigenvalue weighted by Gasteiger charge is 2.30. The topological polar surface area (TPSA) is 60.2 Å². The first-order chi connectivity index (χ1) is 12.7. The number of ether oxygens (including phenoxy) is 1. The molecule has 134 valence electrons. The van der Waals surface area contributed by atoms with E-state index in [0.29, 0.717) is 13.1 Å². The van der Waals surface area contributed by atoms with E-state index in [9.17, 15) is 4.79 Å². The van der Waals surface area contributed by atoms with Crippen LogP contribution in [0.15, 0.2) is 67.3 Å². The van der Waals surface area contributed by atoms with Gasteiger partial charge in [-0.15, -0.1) is 11.7 Å². The van der Waals surface area contributed by atoms with Gasteiger partial charge >= 0.3 is 5.97 Å². The van der Waals surface area contributed by atoms with E-state index in [2.05, 4.69) is 16.9 Å². The van der Waals surface area contributed by atoms with Gasteiger partial charge in [0, 0.05) is 13.1 Å². The number of hydrogen-bond donors (Lipinski definition) is 0. The lowest BCUT2D eigenvalue weighted by atomic mass is 10.2. The van der Waals surface area contributed by atoms with E-state index in [1.165, 1.54) is 7.11 Å². The maximum absolute atomic E-state index is 12.7. The van der Waals surface area contributed by atoms with Crippen molar-refractivity contribution in [3.63, 3.8) is 0 Å². The van der Waals surface area contributed by atoms with E-state index >= 15 is 0 Å². The number of hydrogen-bond acceptors (Lipinski definition) is 5. The van der Waals surface area contributed by atoms with Crippen LogP contribution in [0, 0.1) is 0 Å². The van der Waals surface area contributed by atoms with Crippen molar-refractivity contribution in [1.82, 2.24) is 19.9 Å². The van der Waals surface area contributed by atoms with Crippen LogP contribution in [0.3, 0.4) is 0 Å². The quantitative estimate of drug-likeness (QED) is 0.461. The van der Waals surface area contributed by atoms with Crippen LogP contribution in [0.5, 0.6) is 0 Å². The molecular weight excluding hydrogens is 328 g/mol. The Morgan fingerprint density at radius 3 is 2.69 bits per heavy atom. The third kappa shape index (κ3) is 3.81. The van der Waals surface area contributed by atoms with Gasteiger partial charge in [0.25, 0.3) is 0 Å².